The minimum absolute atomic E-state index is 0.131. The molecule has 27 heavy (non-hydrogen) atoms. The molecule has 2 rings (SSSR count). The summed E-state index contributed by atoms with van der Waals surface area (Å²) in [5, 5.41) is 0. The quantitative estimate of drug-likeness (QED) is 0.730. The monoisotopic (exact) mass is 415 g/mol. The highest BCUT2D eigenvalue weighted by atomic mass is 32.2. The van der Waals surface area contributed by atoms with Gasteiger partial charge < -0.3 is 0 Å². The average Bonchev–Trinajstić information content (AvgIpc) is 2.53. The maximum atomic E-state index is 13.6. The molecular weight excluding hydrogens is 403 g/mol. The minimum atomic E-state index is -5.07. The van der Waals surface area contributed by atoms with E-state index >= 15 is 0 Å². The molecule has 1 aromatic carbocycles. The molecule has 0 saturated heterocycles. The second kappa shape index (κ2) is 7.08. The first kappa shape index (κ1) is 21.1. The summed E-state index contributed by atoms with van der Waals surface area (Å²) >= 11 is 0. The summed E-state index contributed by atoms with van der Waals surface area (Å²) in [6, 6.07) is 0.0506. The lowest BCUT2D eigenvalue weighted by molar-refractivity contribution is -0.170. The van der Waals surface area contributed by atoms with E-state index < -0.39 is 50.1 Å². The van der Waals surface area contributed by atoms with Crippen molar-refractivity contribution in [2.24, 2.45) is 0 Å². The molecule has 0 radical (unpaired) electrons. The summed E-state index contributed by atoms with van der Waals surface area (Å²) in [6.07, 6.45) is -8.31. The molecule has 0 amide bonds. The van der Waals surface area contributed by atoms with Crippen molar-refractivity contribution in [2.45, 2.75) is 23.3 Å². The molecule has 2 aromatic rings. The van der Waals surface area contributed by atoms with E-state index in [0.29, 0.717) is 30.3 Å². The summed E-state index contributed by atoms with van der Waals surface area (Å²) in [7, 11) is -3.62. The van der Waals surface area contributed by atoms with Crippen molar-refractivity contribution in [1.82, 2.24) is 9.29 Å². The van der Waals surface area contributed by atoms with Crippen LogP contribution in [0.3, 0.4) is 0 Å². The highest BCUT2D eigenvalue weighted by Crippen LogP contribution is 2.40. The van der Waals surface area contributed by atoms with Gasteiger partial charge >= 0.3 is 12.4 Å². The summed E-state index contributed by atoms with van der Waals surface area (Å²) in [5.41, 5.74) is -1.81. The Hall–Kier alpha value is -2.21. The topological polar surface area (TPSA) is 57.1 Å². The number of benzene rings is 1. The zero-order valence-electron chi connectivity index (χ0n) is 13.5. The molecular formula is C15H12F7N3OS. The normalized spacial score (nSPS) is 16.2. The fourth-order valence-electron chi connectivity index (χ4n) is 2.32. The Kier molecular flexibility index (Phi) is 5.53. The third-order valence-corrected chi connectivity index (χ3v) is 5.52. The van der Waals surface area contributed by atoms with E-state index in [4.69, 9.17) is 4.78 Å². The van der Waals surface area contributed by atoms with Gasteiger partial charge in [0.25, 0.3) is 0 Å². The summed E-state index contributed by atoms with van der Waals surface area (Å²) in [4.78, 5) is 2.75. The first-order valence-corrected chi connectivity index (χ1v) is 8.62. The minimum Gasteiger partial charge on any atom is -0.260 e. The lowest BCUT2D eigenvalue weighted by atomic mass is 10.0. The van der Waals surface area contributed by atoms with Gasteiger partial charge in [-0.25, -0.2) is 17.7 Å². The van der Waals surface area contributed by atoms with E-state index in [9.17, 15) is 34.9 Å². The Labute approximate surface area is 149 Å². The Bertz CT molecular complexity index is 908. The van der Waals surface area contributed by atoms with Crippen LogP contribution < -0.4 is 0 Å². The van der Waals surface area contributed by atoms with Gasteiger partial charge in [-0.2, -0.15) is 26.3 Å². The number of hydrogen-bond donors (Lipinski definition) is 1. The van der Waals surface area contributed by atoms with Crippen LogP contribution in [0.1, 0.15) is 17.2 Å². The lowest BCUT2D eigenvalue weighted by Crippen LogP contribution is -2.39. The molecule has 1 heterocycles. The molecule has 0 saturated carbocycles. The van der Waals surface area contributed by atoms with E-state index in [2.05, 4.69) is 4.98 Å². The van der Waals surface area contributed by atoms with Crippen LogP contribution in [0, 0.1) is 10.6 Å². The van der Waals surface area contributed by atoms with Gasteiger partial charge in [0.1, 0.15) is 21.8 Å². The molecule has 148 valence electrons. The van der Waals surface area contributed by atoms with E-state index in [0.717, 1.165) is 19.4 Å². The summed E-state index contributed by atoms with van der Waals surface area (Å²) in [5.74, 6) is -1.00. The molecule has 0 aliphatic rings. The van der Waals surface area contributed by atoms with Crippen molar-refractivity contribution in [1.29, 1.82) is 4.78 Å². The van der Waals surface area contributed by atoms with E-state index in [1.54, 1.807) is 0 Å². The first-order chi connectivity index (χ1) is 12.2. The second-order valence-electron chi connectivity index (χ2n) is 5.47. The predicted molar refractivity (Wildman–Crippen MR) is 81.3 cm³/mol. The van der Waals surface area contributed by atoms with E-state index in [-0.39, 0.29) is 4.31 Å². The summed E-state index contributed by atoms with van der Waals surface area (Å²) < 4.78 is 112. The van der Waals surface area contributed by atoms with Crippen LogP contribution in [0.25, 0.3) is 0 Å². The number of rotatable bonds is 4. The number of alkyl halides is 6. The molecule has 1 N–H and O–H groups in total. The van der Waals surface area contributed by atoms with Crippen LogP contribution in [0.4, 0.5) is 30.7 Å². The Morgan fingerprint density at radius 1 is 1.07 bits per heavy atom. The van der Waals surface area contributed by atoms with Crippen molar-refractivity contribution >= 4 is 9.92 Å². The Morgan fingerprint density at radius 2 is 1.63 bits per heavy atom. The number of nitrogens with one attached hydrogen (secondary N) is 1. The first-order valence-electron chi connectivity index (χ1n) is 7.11. The van der Waals surface area contributed by atoms with Gasteiger partial charge in [0.15, 0.2) is 0 Å². The van der Waals surface area contributed by atoms with E-state index in [1.807, 2.05) is 0 Å². The molecule has 2 atom stereocenters. The SMILES string of the molecule is CN([C@H](c1ccc(C(F)(F)F)cc1)C(F)(F)F)S(=N)(=O)c1cncc(F)c1. The molecule has 0 bridgehead atoms. The van der Waals surface area contributed by atoms with Gasteiger partial charge in [0.05, 0.1) is 16.7 Å². The molecule has 1 unspecified atom stereocenters. The molecule has 0 aliphatic carbocycles. The van der Waals surface area contributed by atoms with Crippen LogP contribution in [0.2, 0.25) is 0 Å². The molecule has 0 spiro atoms. The fourth-order valence-corrected chi connectivity index (χ4v) is 3.66. The molecule has 1 aromatic heterocycles. The third-order valence-electron chi connectivity index (χ3n) is 3.63. The number of hydrogen-bond acceptors (Lipinski definition) is 3. The molecule has 0 fully saturated rings. The van der Waals surface area contributed by atoms with Crippen molar-refractivity contribution in [3.8, 4) is 0 Å². The largest absolute Gasteiger partial charge is 0.416 e. The van der Waals surface area contributed by atoms with Crippen LogP contribution in [0.5, 0.6) is 0 Å². The third kappa shape index (κ3) is 4.56. The highest BCUT2D eigenvalue weighted by Gasteiger charge is 2.47. The van der Waals surface area contributed by atoms with Gasteiger partial charge in [-0.15, -0.1) is 0 Å². The van der Waals surface area contributed by atoms with Crippen molar-refractivity contribution < 1.29 is 34.9 Å². The number of halogens is 7. The zero-order valence-corrected chi connectivity index (χ0v) is 14.3. The van der Waals surface area contributed by atoms with Crippen molar-refractivity contribution in [2.75, 3.05) is 7.05 Å². The van der Waals surface area contributed by atoms with E-state index in [1.165, 1.54) is 0 Å². The maximum absolute atomic E-state index is 13.6. The fraction of sp³-hybridized carbons (Fsp3) is 0.267. The van der Waals surface area contributed by atoms with Gasteiger partial charge in [0, 0.05) is 13.2 Å². The number of nitrogens with zero attached hydrogens (tertiary/aromatic N) is 2. The zero-order chi connectivity index (χ0) is 20.6. The number of aromatic nitrogens is 1. The second-order valence-corrected chi connectivity index (χ2v) is 7.57. The highest BCUT2D eigenvalue weighted by molar-refractivity contribution is 7.90. The Balaban J connectivity index is 2.51. The maximum Gasteiger partial charge on any atom is 0.416 e. The van der Waals surface area contributed by atoms with Gasteiger partial charge in [-0.3, -0.25) is 4.98 Å². The van der Waals surface area contributed by atoms with Gasteiger partial charge in [-0.1, -0.05) is 12.1 Å². The molecule has 0 aliphatic heterocycles. The molecule has 12 heteroatoms. The summed E-state index contributed by atoms with van der Waals surface area (Å²) in [6.45, 7) is 0. The average molecular weight is 415 g/mol. The van der Waals surface area contributed by atoms with Crippen LogP contribution >= 0.6 is 0 Å². The van der Waals surface area contributed by atoms with Crippen molar-refractivity contribution in [3.05, 3.63) is 59.7 Å². The van der Waals surface area contributed by atoms with Gasteiger partial charge in [0.2, 0.25) is 0 Å². The van der Waals surface area contributed by atoms with Gasteiger partial charge in [-0.05, 0) is 23.8 Å². The predicted octanol–water partition coefficient (Wildman–Crippen LogP) is 4.80. The van der Waals surface area contributed by atoms with Crippen molar-refractivity contribution in [3.63, 3.8) is 0 Å². The standard InChI is InChI=1S/C15H12F7N3OS/c1-25(27(23,26)12-6-11(16)7-24-8-12)13(15(20,21)22)9-2-4-10(5-3-9)14(17,18)19/h2-8,13,23H,1H3/t13-,27?/m1/s1. The lowest BCUT2D eigenvalue weighted by Gasteiger charge is -2.31. The van der Waals surface area contributed by atoms with Crippen LogP contribution in [-0.4, -0.2) is 26.7 Å². The van der Waals surface area contributed by atoms with Crippen LogP contribution in [0.15, 0.2) is 47.6 Å². The van der Waals surface area contributed by atoms with Crippen LogP contribution in [-0.2, 0) is 16.1 Å². The smallest absolute Gasteiger partial charge is 0.260 e. The Morgan fingerprint density at radius 3 is 2.07 bits per heavy atom. The molecule has 4 nitrogen and oxygen atoms in total. The number of pyridine rings is 1.